The fourth-order valence-electron chi connectivity index (χ4n) is 11.4. The molecule has 5 aromatic heterocycles. The maximum atomic E-state index is 13.0. The van der Waals surface area contributed by atoms with Gasteiger partial charge in [0.15, 0.2) is 34.0 Å². The number of aliphatic hydroxyl groups is 4. The van der Waals surface area contributed by atoms with E-state index in [9.17, 15) is 34.8 Å². The Morgan fingerprint density at radius 3 is 1.69 bits per heavy atom. The van der Waals surface area contributed by atoms with Crippen LogP contribution >= 0.6 is 0 Å². The lowest BCUT2D eigenvalue weighted by molar-refractivity contribution is -0.123. The van der Waals surface area contributed by atoms with E-state index in [2.05, 4.69) is 66.1 Å². The third-order valence-corrected chi connectivity index (χ3v) is 15.6. The Hall–Kier alpha value is -8.06. The number of anilines is 5. The third-order valence-electron chi connectivity index (χ3n) is 15.6. The van der Waals surface area contributed by atoms with Crippen LogP contribution in [0, 0.1) is 0 Å². The molecule has 11 rings (SSSR count). The molecule has 2 aliphatic heterocycles. The van der Waals surface area contributed by atoms with Crippen molar-refractivity contribution in [2.24, 2.45) is 0 Å². The molecular weight excluding hydrogens is 999 g/mol. The largest absolute Gasteiger partial charge is 0.388 e. The van der Waals surface area contributed by atoms with Gasteiger partial charge < -0.3 is 71.3 Å². The van der Waals surface area contributed by atoms with Crippen LogP contribution in [0.3, 0.4) is 0 Å². The van der Waals surface area contributed by atoms with Crippen molar-refractivity contribution in [2.75, 3.05) is 58.5 Å². The second-order valence-corrected chi connectivity index (χ2v) is 20.6. The van der Waals surface area contributed by atoms with Crippen molar-refractivity contribution >= 4 is 69.4 Å². The van der Waals surface area contributed by atoms with E-state index in [0.29, 0.717) is 97.1 Å². The molecular formula is C54H65N17O7. The normalized spacial score (nSPS) is 25.0. The molecule has 78 heavy (non-hydrogen) atoms. The molecule has 24 heteroatoms. The van der Waals surface area contributed by atoms with E-state index in [-0.39, 0.29) is 61.5 Å². The van der Waals surface area contributed by atoms with Crippen molar-refractivity contribution in [3.63, 3.8) is 0 Å². The summed E-state index contributed by atoms with van der Waals surface area (Å²) >= 11 is 0. The molecule has 7 heterocycles. The first kappa shape index (κ1) is 52.0. The first-order valence-corrected chi connectivity index (χ1v) is 26.8. The molecule has 0 bridgehead atoms. The molecule has 2 aromatic carbocycles. The highest BCUT2D eigenvalue weighted by molar-refractivity contribution is 5.89. The average molecular weight is 1060 g/mol. The molecule has 2 unspecified atom stereocenters. The van der Waals surface area contributed by atoms with Gasteiger partial charge >= 0.3 is 6.03 Å². The van der Waals surface area contributed by atoms with Crippen LogP contribution < -0.4 is 41.7 Å². The number of benzene rings is 2. The van der Waals surface area contributed by atoms with E-state index in [0.717, 1.165) is 11.1 Å². The molecule has 10 atom stereocenters. The first-order valence-electron chi connectivity index (χ1n) is 26.8. The number of amides is 4. The SMILES string of the molecule is CCC(=O)N[C@H]1C[C@@H](n2cnc3c(NCC(c4ccccc4)c4ccccc4)nc(N4CCC(Nc5nc(N6CCC(NC(=O)Nc7cccnc7)C6)nc6c5ncn6[C@@H]5C[C@H](NC(=O)CC)[C@@H](O)[C@H]5O)C4)nc32)[C@H](O)[C@@H]1O. The minimum Gasteiger partial charge on any atom is -0.388 e. The summed E-state index contributed by atoms with van der Waals surface area (Å²) in [6, 6.07) is 20.5. The molecule has 4 fully saturated rings. The number of urea groups is 1. The third kappa shape index (κ3) is 10.7. The van der Waals surface area contributed by atoms with Gasteiger partial charge in [0.1, 0.15) is 24.4 Å². The van der Waals surface area contributed by atoms with Crippen molar-refractivity contribution in [3.8, 4) is 0 Å². The van der Waals surface area contributed by atoms with E-state index < -0.39 is 48.6 Å². The number of carbonyl (C=O) groups is 3. The summed E-state index contributed by atoms with van der Waals surface area (Å²) in [5.41, 5.74) is 4.58. The monoisotopic (exact) mass is 1060 g/mol. The number of aromatic nitrogens is 9. The van der Waals surface area contributed by atoms with Gasteiger partial charge in [-0.15, -0.1) is 0 Å². The molecule has 10 N–H and O–H groups in total. The van der Waals surface area contributed by atoms with Crippen molar-refractivity contribution < 1.29 is 34.8 Å². The highest BCUT2D eigenvalue weighted by Crippen LogP contribution is 2.38. The smallest absolute Gasteiger partial charge is 0.319 e. The number of imidazole rings is 2. The van der Waals surface area contributed by atoms with E-state index in [1.807, 2.05) is 41.3 Å². The average Bonchev–Trinajstić information content (AvgIpc) is 4.52. The number of hydrogen-bond donors (Lipinski definition) is 10. The number of hydrogen-bond acceptors (Lipinski definition) is 18. The quantitative estimate of drug-likeness (QED) is 0.0627. The predicted molar refractivity (Wildman–Crippen MR) is 291 cm³/mol. The van der Waals surface area contributed by atoms with Crippen LogP contribution in [-0.4, -0.2) is 164 Å². The highest BCUT2D eigenvalue weighted by Gasteiger charge is 2.45. The Bertz CT molecular complexity index is 3200. The number of fused-ring (bicyclic) bond motifs is 2. The summed E-state index contributed by atoms with van der Waals surface area (Å²) in [6.45, 7) is 5.82. The summed E-state index contributed by atoms with van der Waals surface area (Å²) in [4.78, 5) is 76.1. The lowest BCUT2D eigenvalue weighted by atomic mass is 9.91. The maximum absolute atomic E-state index is 13.0. The van der Waals surface area contributed by atoms with Gasteiger partial charge in [0.25, 0.3) is 0 Å². The maximum Gasteiger partial charge on any atom is 0.319 e. The van der Waals surface area contributed by atoms with Crippen LogP contribution in [0.1, 0.15) is 81.5 Å². The van der Waals surface area contributed by atoms with Crippen LogP contribution in [0.25, 0.3) is 22.3 Å². The van der Waals surface area contributed by atoms with Gasteiger partial charge in [-0.1, -0.05) is 74.5 Å². The Balaban J connectivity index is 0.896. The fourth-order valence-corrected chi connectivity index (χ4v) is 11.4. The van der Waals surface area contributed by atoms with Gasteiger partial charge in [-0.25, -0.2) is 14.8 Å². The zero-order chi connectivity index (χ0) is 54.0. The molecule has 0 spiro atoms. The lowest BCUT2D eigenvalue weighted by Crippen LogP contribution is -2.42. The summed E-state index contributed by atoms with van der Waals surface area (Å²) in [5.74, 6) is 1.20. The highest BCUT2D eigenvalue weighted by atomic mass is 16.3. The Kier molecular flexibility index (Phi) is 15.0. The second-order valence-electron chi connectivity index (χ2n) is 20.6. The van der Waals surface area contributed by atoms with Crippen molar-refractivity contribution in [1.29, 1.82) is 0 Å². The van der Waals surface area contributed by atoms with Gasteiger partial charge in [0.05, 0.1) is 48.7 Å². The second kappa shape index (κ2) is 22.5. The number of nitrogens with zero attached hydrogens (tertiary/aromatic N) is 11. The molecule has 2 saturated carbocycles. The van der Waals surface area contributed by atoms with Crippen molar-refractivity contribution in [3.05, 3.63) is 109 Å². The van der Waals surface area contributed by atoms with Crippen molar-refractivity contribution in [2.45, 2.75) is 119 Å². The molecule has 2 aliphatic carbocycles. The van der Waals surface area contributed by atoms with Gasteiger partial charge in [-0.2, -0.15) is 19.9 Å². The molecule has 408 valence electrons. The first-order chi connectivity index (χ1) is 37.9. The van der Waals surface area contributed by atoms with Gasteiger partial charge in [-0.3, -0.25) is 14.6 Å². The topological polar surface area (TPSA) is 311 Å². The van der Waals surface area contributed by atoms with E-state index in [1.54, 1.807) is 60.2 Å². The minimum atomic E-state index is -1.23. The van der Waals surface area contributed by atoms with Gasteiger partial charge in [0, 0.05) is 69.8 Å². The summed E-state index contributed by atoms with van der Waals surface area (Å²) in [7, 11) is 0. The molecule has 7 aromatic rings. The minimum absolute atomic E-state index is 0.0545. The van der Waals surface area contributed by atoms with E-state index in [4.69, 9.17) is 29.9 Å². The Labute approximate surface area is 449 Å². The number of pyridine rings is 1. The zero-order valence-corrected chi connectivity index (χ0v) is 43.3. The molecule has 0 radical (unpaired) electrons. The number of aliphatic hydroxyl groups excluding tert-OH is 4. The van der Waals surface area contributed by atoms with Gasteiger partial charge in [0.2, 0.25) is 23.7 Å². The van der Waals surface area contributed by atoms with Crippen LogP contribution in [0.2, 0.25) is 0 Å². The van der Waals surface area contributed by atoms with E-state index >= 15 is 0 Å². The number of rotatable bonds is 17. The summed E-state index contributed by atoms with van der Waals surface area (Å²) < 4.78 is 3.52. The van der Waals surface area contributed by atoms with Gasteiger partial charge in [-0.05, 0) is 48.9 Å². The fraction of sp³-hybridized carbons (Fsp3) is 0.444. The lowest BCUT2D eigenvalue weighted by Gasteiger charge is -2.23. The standard InChI is InChI=1S/C54H65N17O7/c1-3-40(72)62-36-22-38(46(76)44(36)74)70-28-57-42-48(56-25-35(30-12-7-5-8-13-30)31-14-9-6-10-15-31)64-52(66-50(42)70)68-20-17-33(26-68)59-49-43-51(71(29-58-43)39-23-37(45(75)47(39)77)63-41(73)4-2)67-53(65-49)69-21-18-34(27-69)61-54(78)60-32-16-11-19-55-24-32/h5-16,19,24,28-29,33-39,44-47,74-77H,3-4,17-18,20-23,25-27H2,1-2H3,(H,62,72)(H,63,73)(H,56,64,66)(H,59,65,67)(H2,60,61,78)/t33?,34?,36-,37-,38+,39+,44+,45+,46-,47-/m0/s1. The van der Waals surface area contributed by atoms with E-state index in [1.165, 1.54) is 0 Å². The Morgan fingerprint density at radius 2 is 1.15 bits per heavy atom. The summed E-state index contributed by atoms with van der Waals surface area (Å²) in [5, 5.41) is 64.1. The summed E-state index contributed by atoms with van der Waals surface area (Å²) in [6.07, 6.45) is 3.69. The zero-order valence-electron chi connectivity index (χ0n) is 43.3. The molecule has 4 aliphatic rings. The van der Waals surface area contributed by atoms with Crippen LogP contribution in [0.5, 0.6) is 0 Å². The van der Waals surface area contributed by atoms with Crippen LogP contribution in [0.15, 0.2) is 97.8 Å². The molecule has 4 amide bonds. The number of nitrogens with one attached hydrogen (secondary N) is 6. The van der Waals surface area contributed by atoms with Crippen LogP contribution in [-0.2, 0) is 9.59 Å². The molecule has 2 saturated heterocycles. The number of carbonyl (C=O) groups excluding carboxylic acids is 3. The predicted octanol–water partition coefficient (Wildman–Crippen LogP) is 2.82. The van der Waals surface area contributed by atoms with Crippen LogP contribution in [0.4, 0.5) is 34.0 Å². The van der Waals surface area contributed by atoms with Crippen molar-refractivity contribution in [1.82, 2.24) is 60.0 Å². The Morgan fingerprint density at radius 1 is 0.628 bits per heavy atom. The molecule has 24 nitrogen and oxygen atoms in total.